The number of fused-ring (bicyclic) bond motifs is 3. The standard InChI is InChI=1S/C26H26N2O6/c1-32-19-6-3-17(4-7-19)22-16-21-20-15-18(29)5-8-23(20)34-26(31)24(21)25(30)28(22)10-2-9-27-11-13-33-14-12-27/h3-8,15-16,29H,2,9-14H2,1H3. The smallest absolute Gasteiger partial charge is 0.349 e. The minimum absolute atomic E-state index is 0.0123. The molecule has 3 heterocycles. The summed E-state index contributed by atoms with van der Waals surface area (Å²) < 4.78 is 17.8. The maximum Gasteiger partial charge on any atom is 0.349 e. The van der Waals surface area contributed by atoms with E-state index in [0.29, 0.717) is 47.6 Å². The average Bonchev–Trinajstić information content (AvgIpc) is 2.86. The van der Waals surface area contributed by atoms with Crippen molar-refractivity contribution in [2.75, 3.05) is 40.0 Å². The minimum atomic E-state index is -0.679. The van der Waals surface area contributed by atoms with Crippen molar-refractivity contribution in [2.24, 2.45) is 0 Å². The second kappa shape index (κ2) is 9.32. The van der Waals surface area contributed by atoms with Gasteiger partial charge < -0.3 is 23.6 Å². The first-order chi connectivity index (χ1) is 16.5. The maximum absolute atomic E-state index is 13.7. The molecule has 8 nitrogen and oxygen atoms in total. The van der Waals surface area contributed by atoms with Crippen molar-refractivity contribution >= 4 is 21.7 Å². The van der Waals surface area contributed by atoms with Gasteiger partial charge in [0.2, 0.25) is 0 Å². The molecule has 0 amide bonds. The molecule has 0 aliphatic carbocycles. The average molecular weight is 463 g/mol. The molecule has 2 aromatic heterocycles. The number of phenolic OH excluding ortho intramolecular Hbond substituents is 1. The zero-order chi connectivity index (χ0) is 23.7. The molecule has 2 aromatic carbocycles. The van der Waals surface area contributed by atoms with Crippen LogP contribution in [0.15, 0.2) is 62.5 Å². The number of benzene rings is 2. The topological polar surface area (TPSA) is 94.1 Å². The van der Waals surface area contributed by atoms with Crippen molar-refractivity contribution < 1.29 is 19.0 Å². The van der Waals surface area contributed by atoms with Crippen LogP contribution in [-0.2, 0) is 11.3 Å². The number of aromatic hydroxyl groups is 1. The van der Waals surface area contributed by atoms with Crippen LogP contribution in [0.1, 0.15) is 6.42 Å². The van der Waals surface area contributed by atoms with Gasteiger partial charge in [0.15, 0.2) is 0 Å². The third-order valence-corrected chi connectivity index (χ3v) is 6.31. The van der Waals surface area contributed by atoms with Crippen molar-refractivity contribution in [2.45, 2.75) is 13.0 Å². The first-order valence-electron chi connectivity index (χ1n) is 11.3. The molecule has 1 aliphatic heterocycles. The molecular formula is C26H26N2O6. The van der Waals surface area contributed by atoms with Crippen LogP contribution in [0.5, 0.6) is 11.5 Å². The van der Waals surface area contributed by atoms with E-state index in [1.54, 1.807) is 11.7 Å². The van der Waals surface area contributed by atoms with E-state index in [0.717, 1.165) is 31.6 Å². The molecule has 0 saturated carbocycles. The van der Waals surface area contributed by atoms with Crippen LogP contribution in [0.3, 0.4) is 0 Å². The van der Waals surface area contributed by atoms with Gasteiger partial charge in [0, 0.05) is 37.0 Å². The number of nitrogens with zero attached hydrogens (tertiary/aromatic N) is 2. The zero-order valence-corrected chi connectivity index (χ0v) is 19.0. The van der Waals surface area contributed by atoms with Gasteiger partial charge in [-0.05, 0) is 60.5 Å². The van der Waals surface area contributed by atoms with Crippen molar-refractivity contribution in [3.63, 3.8) is 0 Å². The van der Waals surface area contributed by atoms with E-state index in [1.807, 2.05) is 30.3 Å². The van der Waals surface area contributed by atoms with Crippen LogP contribution >= 0.6 is 0 Å². The number of ether oxygens (including phenoxy) is 2. The second-order valence-electron chi connectivity index (χ2n) is 8.38. The molecule has 1 N–H and O–H groups in total. The van der Waals surface area contributed by atoms with Crippen molar-refractivity contribution in [3.8, 4) is 22.8 Å². The highest BCUT2D eigenvalue weighted by atomic mass is 16.5. The molecule has 0 bridgehead atoms. The fourth-order valence-electron chi connectivity index (χ4n) is 4.52. The zero-order valence-electron chi connectivity index (χ0n) is 19.0. The number of phenols is 1. The maximum atomic E-state index is 13.7. The number of morpholine rings is 1. The lowest BCUT2D eigenvalue weighted by atomic mass is 10.0. The van der Waals surface area contributed by atoms with E-state index in [1.165, 1.54) is 18.2 Å². The Hall–Kier alpha value is -3.62. The molecular weight excluding hydrogens is 436 g/mol. The van der Waals surface area contributed by atoms with Gasteiger partial charge in [-0.1, -0.05) is 0 Å². The van der Waals surface area contributed by atoms with Gasteiger partial charge in [-0.15, -0.1) is 0 Å². The first kappa shape index (κ1) is 22.2. The lowest BCUT2D eigenvalue weighted by molar-refractivity contribution is 0.0369. The van der Waals surface area contributed by atoms with Crippen LogP contribution in [0.25, 0.3) is 33.0 Å². The molecule has 1 aliphatic rings. The third kappa shape index (κ3) is 4.18. The fourth-order valence-corrected chi connectivity index (χ4v) is 4.52. The van der Waals surface area contributed by atoms with Gasteiger partial charge in [-0.25, -0.2) is 4.79 Å². The number of hydrogen-bond acceptors (Lipinski definition) is 7. The van der Waals surface area contributed by atoms with E-state index in [2.05, 4.69) is 4.90 Å². The summed E-state index contributed by atoms with van der Waals surface area (Å²) in [6, 6.07) is 13.8. The number of aromatic nitrogens is 1. The number of methoxy groups -OCH3 is 1. The SMILES string of the molecule is COc1ccc(-c2cc3c(c(=O)oc4ccc(O)cc43)c(=O)n2CCCN2CCOCC2)cc1. The normalized spacial score (nSPS) is 14.6. The van der Waals surface area contributed by atoms with Crippen LogP contribution in [0.4, 0.5) is 0 Å². The summed E-state index contributed by atoms with van der Waals surface area (Å²) in [5.74, 6) is 0.741. The highest BCUT2D eigenvalue weighted by Crippen LogP contribution is 2.29. The lowest BCUT2D eigenvalue weighted by Crippen LogP contribution is -2.37. The van der Waals surface area contributed by atoms with E-state index < -0.39 is 11.2 Å². The van der Waals surface area contributed by atoms with Crippen LogP contribution in [0, 0.1) is 0 Å². The van der Waals surface area contributed by atoms with Crippen molar-refractivity contribution in [1.29, 1.82) is 0 Å². The Morgan fingerprint density at radius 1 is 0.971 bits per heavy atom. The lowest BCUT2D eigenvalue weighted by Gasteiger charge is -2.26. The molecule has 0 spiro atoms. The summed E-state index contributed by atoms with van der Waals surface area (Å²) in [5.41, 5.74) is 0.760. The van der Waals surface area contributed by atoms with Crippen molar-refractivity contribution in [1.82, 2.24) is 9.47 Å². The summed E-state index contributed by atoms with van der Waals surface area (Å²) in [4.78, 5) is 28.8. The molecule has 5 rings (SSSR count). The Kier molecular flexibility index (Phi) is 6.08. The highest BCUT2D eigenvalue weighted by Gasteiger charge is 2.18. The summed E-state index contributed by atoms with van der Waals surface area (Å²) in [6.45, 7) is 4.46. The molecule has 0 atom stereocenters. The largest absolute Gasteiger partial charge is 0.508 e. The number of hydrogen-bond donors (Lipinski definition) is 1. The summed E-state index contributed by atoms with van der Waals surface area (Å²) in [5, 5.41) is 11.0. The number of rotatable bonds is 6. The minimum Gasteiger partial charge on any atom is -0.508 e. The highest BCUT2D eigenvalue weighted by molar-refractivity contribution is 6.05. The fraction of sp³-hybridized carbons (Fsp3) is 0.308. The van der Waals surface area contributed by atoms with E-state index in [9.17, 15) is 14.7 Å². The molecule has 4 aromatic rings. The monoisotopic (exact) mass is 462 g/mol. The molecule has 1 fully saturated rings. The Bertz CT molecular complexity index is 1450. The van der Waals surface area contributed by atoms with Gasteiger partial charge in [0.1, 0.15) is 22.5 Å². The van der Waals surface area contributed by atoms with Crippen molar-refractivity contribution in [3.05, 3.63) is 69.3 Å². The Labute approximate surface area is 195 Å². The predicted molar refractivity (Wildman–Crippen MR) is 130 cm³/mol. The summed E-state index contributed by atoms with van der Waals surface area (Å²) >= 11 is 0. The molecule has 1 saturated heterocycles. The quantitative estimate of drug-likeness (QED) is 0.347. The Morgan fingerprint density at radius 2 is 1.74 bits per heavy atom. The van der Waals surface area contributed by atoms with E-state index in [-0.39, 0.29) is 11.1 Å². The van der Waals surface area contributed by atoms with Gasteiger partial charge in [0.25, 0.3) is 5.56 Å². The summed E-state index contributed by atoms with van der Waals surface area (Å²) in [7, 11) is 1.60. The molecule has 0 radical (unpaired) electrons. The Balaban J connectivity index is 1.66. The van der Waals surface area contributed by atoms with Gasteiger partial charge in [-0.2, -0.15) is 0 Å². The van der Waals surface area contributed by atoms with E-state index >= 15 is 0 Å². The third-order valence-electron chi connectivity index (χ3n) is 6.31. The molecule has 176 valence electrons. The Morgan fingerprint density at radius 3 is 2.47 bits per heavy atom. The predicted octanol–water partition coefficient (Wildman–Crippen LogP) is 3.21. The first-order valence-corrected chi connectivity index (χ1v) is 11.3. The number of pyridine rings is 1. The van der Waals surface area contributed by atoms with Crippen LogP contribution in [-0.4, -0.2) is 54.5 Å². The van der Waals surface area contributed by atoms with Crippen LogP contribution < -0.4 is 15.9 Å². The molecule has 0 unspecified atom stereocenters. The van der Waals surface area contributed by atoms with E-state index in [4.69, 9.17) is 13.9 Å². The summed E-state index contributed by atoms with van der Waals surface area (Å²) in [6.07, 6.45) is 0.744. The molecule has 8 heteroatoms. The van der Waals surface area contributed by atoms with Gasteiger partial charge in [-0.3, -0.25) is 9.69 Å². The van der Waals surface area contributed by atoms with Gasteiger partial charge >= 0.3 is 5.63 Å². The second-order valence-corrected chi connectivity index (χ2v) is 8.38. The van der Waals surface area contributed by atoms with Gasteiger partial charge in [0.05, 0.1) is 26.0 Å². The van der Waals surface area contributed by atoms with Crippen LogP contribution in [0.2, 0.25) is 0 Å². The molecule has 34 heavy (non-hydrogen) atoms.